The fourth-order valence-corrected chi connectivity index (χ4v) is 3.67. The summed E-state index contributed by atoms with van der Waals surface area (Å²) in [7, 11) is 3.29. The quantitative estimate of drug-likeness (QED) is 0.681. The minimum atomic E-state index is -0.393. The first-order valence-corrected chi connectivity index (χ1v) is 11.2. The number of ether oxygens (including phenoxy) is 2. The Morgan fingerprint density at radius 1 is 1.38 bits per heavy atom. The molecular weight excluding hydrogens is 434 g/mol. The number of fused-ring (bicyclic) bond motifs is 1. The third-order valence-corrected chi connectivity index (χ3v) is 5.96. The van der Waals surface area contributed by atoms with Crippen LogP contribution in [0.25, 0.3) is 0 Å². The van der Waals surface area contributed by atoms with Gasteiger partial charge >= 0.3 is 0 Å². The van der Waals surface area contributed by atoms with Crippen LogP contribution in [0.15, 0.2) is 36.5 Å². The molecule has 3 rings (SSSR count). The van der Waals surface area contributed by atoms with E-state index in [1.165, 1.54) is 6.92 Å². The van der Waals surface area contributed by atoms with Gasteiger partial charge in [-0.15, -0.1) is 0 Å². The van der Waals surface area contributed by atoms with Gasteiger partial charge in [0.1, 0.15) is 17.4 Å². The molecular formula is C26H31N3O5. The zero-order chi connectivity index (χ0) is 24.8. The van der Waals surface area contributed by atoms with E-state index in [9.17, 15) is 14.7 Å². The molecule has 0 saturated heterocycles. The van der Waals surface area contributed by atoms with E-state index in [4.69, 9.17) is 9.47 Å². The molecule has 1 aliphatic rings. The van der Waals surface area contributed by atoms with Gasteiger partial charge < -0.3 is 24.4 Å². The van der Waals surface area contributed by atoms with Crippen LogP contribution in [0.5, 0.6) is 11.6 Å². The Hall–Kier alpha value is -3.57. The number of rotatable bonds is 5. The van der Waals surface area contributed by atoms with Crippen LogP contribution in [-0.2, 0) is 4.79 Å². The summed E-state index contributed by atoms with van der Waals surface area (Å²) in [5, 5.41) is 9.77. The lowest BCUT2D eigenvalue weighted by atomic mass is 10.00. The molecule has 1 aromatic heterocycles. The fraction of sp³-hybridized carbons (Fsp3) is 0.423. The van der Waals surface area contributed by atoms with E-state index in [0.29, 0.717) is 24.4 Å². The lowest BCUT2D eigenvalue weighted by Gasteiger charge is -2.37. The minimum Gasteiger partial charge on any atom is -0.495 e. The Bertz CT molecular complexity index is 1110. The molecule has 2 heterocycles. The van der Waals surface area contributed by atoms with Crippen LogP contribution in [0.4, 0.5) is 0 Å². The molecule has 0 unspecified atom stereocenters. The zero-order valence-corrected chi connectivity index (χ0v) is 20.2. The highest BCUT2D eigenvalue weighted by Crippen LogP contribution is 2.27. The number of carbonyl (C=O) groups excluding carboxylic acids is 2. The van der Waals surface area contributed by atoms with E-state index in [0.717, 1.165) is 5.56 Å². The summed E-state index contributed by atoms with van der Waals surface area (Å²) < 4.78 is 11.5. The van der Waals surface area contributed by atoms with E-state index < -0.39 is 6.04 Å². The first-order valence-electron chi connectivity index (χ1n) is 11.2. The normalized spacial score (nSPS) is 18.4. The number of aliphatic hydroxyl groups excluding tert-OH is 1. The van der Waals surface area contributed by atoms with Crippen LogP contribution in [-0.4, -0.2) is 77.7 Å². The van der Waals surface area contributed by atoms with E-state index in [-0.39, 0.29) is 41.9 Å². The molecule has 0 saturated carbocycles. The van der Waals surface area contributed by atoms with Gasteiger partial charge in [0, 0.05) is 38.2 Å². The molecule has 0 radical (unpaired) electrons. The van der Waals surface area contributed by atoms with Crippen molar-refractivity contribution in [2.24, 2.45) is 5.92 Å². The second kappa shape index (κ2) is 11.0. The summed E-state index contributed by atoms with van der Waals surface area (Å²) in [4.78, 5) is 32.9. The summed E-state index contributed by atoms with van der Waals surface area (Å²) in [5.41, 5.74) is 1.54. The van der Waals surface area contributed by atoms with Gasteiger partial charge in [-0.25, -0.2) is 4.98 Å². The predicted octanol–water partition coefficient (Wildman–Crippen LogP) is 2.19. The highest BCUT2D eigenvalue weighted by atomic mass is 16.5. The third-order valence-electron chi connectivity index (χ3n) is 5.96. The lowest BCUT2D eigenvalue weighted by Crippen LogP contribution is -2.50. The average molecular weight is 466 g/mol. The molecule has 2 aromatic rings. The second-order valence-electron chi connectivity index (χ2n) is 8.55. The van der Waals surface area contributed by atoms with Gasteiger partial charge in [0.05, 0.1) is 31.9 Å². The molecule has 0 fully saturated rings. The van der Waals surface area contributed by atoms with Gasteiger partial charge in [-0.3, -0.25) is 9.59 Å². The highest BCUT2D eigenvalue weighted by Gasteiger charge is 2.34. The van der Waals surface area contributed by atoms with Gasteiger partial charge in [-0.2, -0.15) is 0 Å². The fourth-order valence-electron chi connectivity index (χ4n) is 3.67. The number of likely N-dealkylation sites (N-methyl/N-ethyl adjacent to an activating group) is 1. The lowest BCUT2D eigenvalue weighted by molar-refractivity contribution is -0.129. The number of carbonyl (C=O) groups is 2. The molecule has 0 bridgehead atoms. The van der Waals surface area contributed by atoms with Gasteiger partial charge in [0.2, 0.25) is 11.8 Å². The number of aromatic nitrogens is 1. The Morgan fingerprint density at radius 2 is 2.12 bits per heavy atom. The van der Waals surface area contributed by atoms with Gasteiger partial charge in [0.15, 0.2) is 0 Å². The second-order valence-corrected chi connectivity index (χ2v) is 8.55. The maximum Gasteiger partial charge on any atom is 0.259 e. The van der Waals surface area contributed by atoms with Crippen molar-refractivity contribution in [2.75, 3.05) is 33.9 Å². The van der Waals surface area contributed by atoms with E-state index in [1.54, 1.807) is 43.1 Å². The molecule has 34 heavy (non-hydrogen) atoms. The number of pyridine rings is 1. The van der Waals surface area contributed by atoms with Crippen molar-refractivity contribution in [3.8, 4) is 23.5 Å². The van der Waals surface area contributed by atoms with Crippen LogP contribution in [0.1, 0.15) is 42.3 Å². The van der Waals surface area contributed by atoms with Crippen molar-refractivity contribution >= 4 is 11.8 Å². The van der Waals surface area contributed by atoms with Crippen molar-refractivity contribution in [3.63, 3.8) is 0 Å². The SMILES string of the molecule is COc1ccccc1C#Cc1cnc2c(c1)C(=O)N([C@H](C)CO)C[C@@H](C)[C@H](CN(C)C(C)=O)O2. The Kier molecular flexibility index (Phi) is 8.13. The van der Waals surface area contributed by atoms with Crippen LogP contribution in [0.3, 0.4) is 0 Å². The first-order chi connectivity index (χ1) is 16.2. The van der Waals surface area contributed by atoms with Crippen molar-refractivity contribution in [1.82, 2.24) is 14.8 Å². The Balaban J connectivity index is 2.02. The number of methoxy groups -OCH3 is 1. The number of hydrogen-bond acceptors (Lipinski definition) is 6. The van der Waals surface area contributed by atoms with Crippen LogP contribution in [0, 0.1) is 17.8 Å². The van der Waals surface area contributed by atoms with Crippen molar-refractivity contribution in [1.29, 1.82) is 0 Å². The smallest absolute Gasteiger partial charge is 0.259 e. The van der Waals surface area contributed by atoms with E-state index >= 15 is 0 Å². The van der Waals surface area contributed by atoms with Crippen LogP contribution in [0.2, 0.25) is 0 Å². The molecule has 0 aliphatic carbocycles. The number of hydrogen-bond donors (Lipinski definition) is 1. The van der Waals surface area contributed by atoms with Gasteiger partial charge in [0.25, 0.3) is 5.91 Å². The molecule has 0 spiro atoms. The molecule has 2 amide bonds. The Morgan fingerprint density at radius 3 is 2.79 bits per heavy atom. The number of para-hydroxylation sites is 1. The molecule has 1 aliphatic heterocycles. The molecule has 180 valence electrons. The van der Waals surface area contributed by atoms with Gasteiger partial charge in [-0.1, -0.05) is 30.9 Å². The molecule has 8 heteroatoms. The number of benzene rings is 1. The predicted molar refractivity (Wildman–Crippen MR) is 128 cm³/mol. The molecule has 8 nitrogen and oxygen atoms in total. The molecule has 1 N–H and O–H groups in total. The third kappa shape index (κ3) is 5.67. The standard InChI is InChI=1S/C26H31N3O5/c1-17-14-29(18(2)16-30)26(32)22-12-20(10-11-21-8-6-7-9-23(21)33-5)13-27-25(22)34-24(17)15-28(4)19(3)31/h6-9,12-13,17-18,24,30H,14-16H2,1-5H3/t17-,18-,24+/m1/s1. The van der Waals surface area contributed by atoms with Crippen molar-refractivity contribution < 1.29 is 24.2 Å². The topological polar surface area (TPSA) is 92.2 Å². The summed E-state index contributed by atoms with van der Waals surface area (Å²) >= 11 is 0. The summed E-state index contributed by atoms with van der Waals surface area (Å²) in [6.45, 7) is 5.79. The number of nitrogens with zero attached hydrogens (tertiary/aromatic N) is 3. The minimum absolute atomic E-state index is 0.0790. The largest absolute Gasteiger partial charge is 0.495 e. The molecule has 3 atom stereocenters. The maximum atomic E-state index is 13.5. The summed E-state index contributed by atoms with van der Waals surface area (Å²) in [6.07, 6.45) is 1.18. The van der Waals surface area contributed by atoms with Crippen LogP contribution < -0.4 is 9.47 Å². The zero-order valence-electron chi connectivity index (χ0n) is 20.2. The van der Waals surface area contributed by atoms with Crippen molar-refractivity contribution in [3.05, 3.63) is 53.2 Å². The number of amides is 2. The van der Waals surface area contributed by atoms with E-state index in [1.807, 2.05) is 31.2 Å². The summed E-state index contributed by atoms with van der Waals surface area (Å²) in [6, 6.07) is 8.68. The average Bonchev–Trinajstić information content (AvgIpc) is 2.84. The first kappa shape index (κ1) is 25.1. The summed E-state index contributed by atoms with van der Waals surface area (Å²) in [5.74, 6) is 6.50. The van der Waals surface area contributed by atoms with E-state index in [2.05, 4.69) is 16.8 Å². The van der Waals surface area contributed by atoms with Crippen LogP contribution >= 0.6 is 0 Å². The monoisotopic (exact) mass is 465 g/mol. The highest BCUT2D eigenvalue weighted by molar-refractivity contribution is 5.97. The molecule has 1 aromatic carbocycles. The Labute approximate surface area is 200 Å². The maximum absolute atomic E-state index is 13.5. The number of aliphatic hydroxyl groups is 1. The van der Waals surface area contributed by atoms with Crippen molar-refractivity contribution in [2.45, 2.75) is 32.9 Å². The van der Waals surface area contributed by atoms with Gasteiger partial charge in [-0.05, 0) is 25.1 Å².